The molecular formula is C11H10BrN3O. The van der Waals surface area contributed by atoms with Gasteiger partial charge in [0.25, 0.3) is 5.56 Å². The third-order valence-corrected chi connectivity index (χ3v) is 3.39. The molecule has 1 saturated heterocycles. The highest BCUT2D eigenvalue weighted by molar-refractivity contribution is 9.10. The Hall–Kier alpha value is -1.20. The molecule has 2 heterocycles. The van der Waals surface area contributed by atoms with E-state index >= 15 is 0 Å². The van der Waals surface area contributed by atoms with Crippen molar-refractivity contribution in [3.8, 4) is 0 Å². The van der Waals surface area contributed by atoms with Crippen LogP contribution in [0.25, 0.3) is 10.9 Å². The van der Waals surface area contributed by atoms with Gasteiger partial charge in [0, 0.05) is 17.6 Å². The second-order valence-electron chi connectivity index (χ2n) is 3.93. The first-order valence-corrected chi connectivity index (χ1v) is 5.92. The van der Waals surface area contributed by atoms with E-state index in [1.807, 2.05) is 18.2 Å². The van der Waals surface area contributed by atoms with Gasteiger partial charge in [-0.1, -0.05) is 15.9 Å². The maximum Gasteiger partial charge on any atom is 0.261 e. The van der Waals surface area contributed by atoms with Crippen molar-refractivity contribution in [2.45, 2.75) is 6.04 Å². The summed E-state index contributed by atoms with van der Waals surface area (Å²) in [5, 5.41) is 3.82. The molecule has 0 unspecified atom stereocenters. The minimum absolute atomic E-state index is 0.0396. The fourth-order valence-corrected chi connectivity index (χ4v) is 2.20. The summed E-state index contributed by atoms with van der Waals surface area (Å²) in [5.74, 6) is 0. The Bertz CT molecular complexity index is 604. The zero-order chi connectivity index (χ0) is 11.1. The maximum absolute atomic E-state index is 12.2. The molecule has 1 fully saturated rings. The number of halogens is 1. The van der Waals surface area contributed by atoms with Gasteiger partial charge in [0.1, 0.15) is 0 Å². The van der Waals surface area contributed by atoms with Gasteiger partial charge in [-0.15, -0.1) is 0 Å². The lowest BCUT2D eigenvalue weighted by molar-refractivity contribution is 0.334. The fourth-order valence-electron chi connectivity index (χ4n) is 1.84. The molecule has 0 bridgehead atoms. The van der Waals surface area contributed by atoms with Gasteiger partial charge in [-0.3, -0.25) is 9.36 Å². The summed E-state index contributed by atoms with van der Waals surface area (Å²) in [7, 11) is 0. The van der Waals surface area contributed by atoms with Crippen LogP contribution in [0.4, 0.5) is 0 Å². The molecule has 1 aromatic heterocycles. The first kappa shape index (κ1) is 9.99. The molecule has 4 nitrogen and oxygen atoms in total. The first-order chi connectivity index (χ1) is 7.75. The maximum atomic E-state index is 12.2. The van der Waals surface area contributed by atoms with E-state index in [1.54, 1.807) is 10.9 Å². The topological polar surface area (TPSA) is 46.9 Å². The minimum Gasteiger partial charge on any atom is -0.313 e. The van der Waals surface area contributed by atoms with Crippen LogP contribution in [-0.4, -0.2) is 22.6 Å². The van der Waals surface area contributed by atoms with Crippen LogP contribution in [0.15, 0.2) is 33.8 Å². The van der Waals surface area contributed by atoms with Gasteiger partial charge < -0.3 is 5.32 Å². The molecule has 0 radical (unpaired) electrons. The van der Waals surface area contributed by atoms with Crippen molar-refractivity contribution in [3.63, 3.8) is 0 Å². The normalized spacial score (nSPS) is 16.3. The molecule has 0 saturated carbocycles. The van der Waals surface area contributed by atoms with Crippen molar-refractivity contribution in [3.05, 3.63) is 39.4 Å². The Morgan fingerprint density at radius 3 is 2.94 bits per heavy atom. The number of benzene rings is 1. The summed E-state index contributed by atoms with van der Waals surface area (Å²) in [4.78, 5) is 16.5. The van der Waals surface area contributed by atoms with Crippen molar-refractivity contribution >= 4 is 26.8 Å². The van der Waals surface area contributed by atoms with Crippen molar-refractivity contribution in [1.82, 2.24) is 14.9 Å². The Morgan fingerprint density at radius 1 is 1.44 bits per heavy atom. The monoisotopic (exact) mass is 279 g/mol. The molecule has 0 atom stereocenters. The van der Waals surface area contributed by atoms with Crippen molar-refractivity contribution in [2.24, 2.45) is 0 Å². The molecule has 1 N–H and O–H groups in total. The van der Waals surface area contributed by atoms with Crippen LogP contribution >= 0.6 is 15.9 Å². The molecule has 0 aliphatic carbocycles. The predicted molar refractivity (Wildman–Crippen MR) is 65.6 cm³/mol. The summed E-state index contributed by atoms with van der Waals surface area (Å²) in [5.41, 5.74) is 0.787. The summed E-state index contributed by atoms with van der Waals surface area (Å²) < 4.78 is 2.62. The van der Waals surface area contributed by atoms with E-state index in [2.05, 4.69) is 26.2 Å². The van der Waals surface area contributed by atoms with E-state index in [1.165, 1.54) is 0 Å². The van der Waals surface area contributed by atoms with E-state index in [0.717, 1.165) is 23.1 Å². The third kappa shape index (κ3) is 1.47. The van der Waals surface area contributed by atoms with Crippen LogP contribution in [0.2, 0.25) is 0 Å². The molecule has 1 aromatic carbocycles. The Labute approximate surface area is 100 Å². The summed E-state index contributed by atoms with van der Waals surface area (Å²) in [6.07, 6.45) is 1.64. The van der Waals surface area contributed by atoms with E-state index in [0.29, 0.717) is 5.39 Å². The second kappa shape index (κ2) is 3.68. The van der Waals surface area contributed by atoms with E-state index in [4.69, 9.17) is 0 Å². The molecule has 16 heavy (non-hydrogen) atoms. The van der Waals surface area contributed by atoms with Gasteiger partial charge in [-0.05, 0) is 18.2 Å². The van der Waals surface area contributed by atoms with Gasteiger partial charge >= 0.3 is 0 Å². The van der Waals surface area contributed by atoms with Crippen molar-refractivity contribution < 1.29 is 0 Å². The van der Waals surface area contributed by atoms with Gasteiger partial charge in [0.15, 0.2) is 0 Å². The van der Waals surface area contributed by atoms with Crippen LogP contribution < -0.4 is 10.9 Å². The average molecular weight is 280 g/mol. The fraction of sp³-hybridized carbons (Fsp3) is 0.273. The predicted octanol–water partition coefficient (Wildman–Crippen LogP) is 1.30. The first-order valence-electron chi connectivity index (χ1n) is 5.13. The van der Waals surface area contributed by atoms with Crippen LogP contribution in [0.3, 0.4) is 0 Å². The van der Waals surface area contributed by atoms with Crippen molar-refractivity contribution in [1.29, 1.82) is 0 Å². The van der Waals surface area contributed by atoms with Crippen LogP contribution in [-0.2, 0) is 0 Å². The Morgan fingerprint density at radius 2 is 2.25 bits per heavy atom. The van der Waals surface area contributed by atoms with E-state index in [-0.39, 0.29) is 11.6 Å². The van der Waals surface area contributed by atoms with Gasteiger partial charge in [-0.2, -0.15) is 0 Å². The summed E-state index contributed by atoms with van der Waals surface area (Å²) in [6, 6.07) is 5.82. The van der Waals surface area contributed by atoms with E-state index < -0.39 is 0 Å². The molecule has 3 rings (SSSR count). The lowest BCUT2D eigenvalue weighted by Gasteiger charge is -2.28. The quantitative estimate of drug-likeness (QED) is 0.856. The highest BCUT2D eigenvalue weighted by Gasteiger charge is 2.20. The highest BCUT2D eigenvalue weighted by atomic mass is 79.9. The minimum atomic E-state index is 0.0396. The highest BCUT2D eigenvalue weighted by Crippen LogP contribution is 2.16. The molecule has 0 amide bonds. The summed E-state index contributed by atoms with van der Waals surface area (Å²) in [6.45, 7) is 1.70. The number of hydrogen-bond donors (Lipinski definition) is 1. The second-order valence-corrected chi connectivity index (χ2v) is 4.85. The smallest absolute Gasteiger partial charge is 0.261 e. The number of nitrogens with one attached hydrogen (secondary N) is 1. The Balaban J connectivity index is 2.25. The largest absolute Gasteiger partial charge is 0.313 e. The lowest BCUT2D eigenvalue weighted by Crippen LogP contribution is -2.46. The molecular weight excluding hydrogens is 270 g/mol. The van der Waals surface area contributed by atoms with Crippen LogP contribution in [0.5, 0.6) is 0 Å². The van der Waals surface area contributed by atoms with Gasteiger partial charge in [-0.25, -0.2) is 4.98 Å². The molecule has 5 heteroatoms. The van der Waals surface area contributed by atoms with Gasteiger partial charge in [0.2, 0.25) is 0 Å². The number of fused-ring (bicyclic) bond motifs is 1. The average Bonchev–Trinajstić information content (AvgIpc) is 2.20. The molecule has 0 spiro atoms. The third-order valence-electron chi connectivity index (χ3n) is 2.90. The van der Waals surface area contributed by atoms with Crippen LogP contribution in [0, 0.1) is 0 Å². The number of aromatic nitrogens is 2. The van der Waals surface area contributed by atoms with Gasteiger partial charge in [0.05, 0.1) is 23.3 Å². The number of rotatable bonds is 1. The van der Waals surface area contributed by atoms with Crippen molar-refractivity contribution in [2.75, 3.05) is 13.1 Å². The van der Waals surface area contributed by atoms with Crippen LogP contribution in [0.1, 0.15) is 6.04 Å². The zero-order valence-electron chi connectivity index (χ0n) is 8.48. The molecule has 1 aliphatic heterocycles. The SMILES string of the molecule is O=c1c2cc(Br)ccc2ncn1C1CNC1. The number of hydrogen-bond acceptors (Lipinski definition) is 3. The zero-order valence-corrected chi connectivity index (χ0v) is 10.1. The molecule has 2 aromatic rings. The lowest BCUT2D eigenvalue weighted by atomic mass is 10.1. The Kier molecular flexibility index (Phi) is 2.29. The number of nitrogens with zero attached hydrogens (tertiary/aromatic N) is 2. The standard InChI is InChI=1S/C11H10BrN3O/c12-7-1-2-10-9(3-7)11(16)15(6-14-10)8-4-13-5-8/h1-3,6,8,13H,4-5H2. The molecule has 82 valence electrons. The molecule has 1 aliphatic rings. The summed E-state index contributed by atoms with van der Waals surface area (Å²) >= 11 is 3.37. The van der Waals surface area contributed by atoms with E-state index in [9.17, 15) is 4.79 Å².